The molecule has 6 nitrogen and oxygen atoms in total. The van der Waals surface area contributed by atoms with Gasteiger partial charge in [-0.25, -0.2) is 0 Å². The van der Waals surface area contributed by atoms with Crippen molar-refractivity contribution in [2.24, 2.45) is 0 Å². The van der Waals surface area contributed by atoms with Crippen LogP contribution in [0.1, 0.15) is 21.5 Å². The number of alkyl halides is 3. The SMILES string of the molecule is COc1cc(/C=C\c2cccc(N/C=C\C(=O)c3ccc(OC(F)(F)F)cc3)c2)cc(OC)c1OC. The van der Waals surface area contributed by atoms with Crippen LogP contribution in [0.4, 0.5) is 18.9 Å². The van der Waals surface area contributed by atoms with Crippen molar-refractivity contribution < 1.29 is 36.9 Å². The van der Waals surface area contributed by atoms with Gasteiger partial charge in [0.15, 0.2) is 17.3 Å². The molecule has 0 heterocycles. The molecule has 36 heavy (non-hydrogen) atoms. The van der Waals surface area contributed by atoms with Crippen LogP contribution in [-0.2, 0) is 0 Å². The van der Waals surface area contributed by atoms with E-state index < -0.39 is 12.1 Å². The molecule has 9 heteroatoms. The molecule has 0 aliphatic rings. The maximum atomic E-state index is 12.3. The van der Waals surface area contributed by atoms with Crippen LogP contribution in [0, 0.1) is 0 Å². The summed E-state index contributed by atoms with van der Waals surface area (Å²) in [6.45, 7) is 0. The molecular formula is C27H24F3NO5. The number of methoxy groups -OCH3 is 3. The molecule has 3 aromatic rings. The lowest BCUT2D eigenvalue weighted by Gasteiger charge is -2.12. The number of carbonyl (C=O) groups excluding carboxylic acids is 1. The monoisotopic (exact) mass is 499 g/mol. The summed E-state index contributed by atoms with van der Waals surface area (Å²) in [4.78, 5) is 12.3. The van der Waals surface area contributed by atoms with E-state index in [-0.39, 0.29) is 11.3 Å². The summed E-state index contributed by atoms with van der Waals surface area (Å²) in [5.41, 5.74) is 2.71. The van der Waals surface area contributed by atoms with Gasteiger partial charge in [-0.05, 0) is 59.7 Å². The van der Waals surface area contributed by atoms with Crippen molar-refractivity contribution in [3.8, 4) is 23.0 Å². The molecule has 3 aromatic carbocycles. The Balaban J connectivity index is 1.65. The minimum Gasteiger partial charge on any atom is -0.493 e. The fourth-order valence-corrected chi connectivity index (χ4v) is 3.25. The molecule has 0 spiro atoms. The van der Waals surface area contributed by atoms with E-state index in [4.69, 9.17) is 14.2 Å². The third-order valence-corrected chi connectivity index (χ3v) is 4.90. The third-order valence-electron chi connectivity index (χ3n) is 4.90. The summed E-state index contributed by atoms with van der Waals surface area (Å²) in [5.74, 6) is 0.834. The van der Waals surface area contributed by atoms with Crippen LogP contribution in [0.2, 0.25) is 0 Å². The van der Waals surface area contributed by atoms with Gasteiger partial charge in [0, 0.05) is 23.5 Å². The van der Waals surface area contributed by atoms with E-state index in [1.165, 1.54) is 24.4 Å². The summed E-state index contributed by atoms with van der Waals surface area (Å²) < 4.78 is 56.7. The zero-order valence-electron chi connectivity index (χ0n) is 19.8. The second kappa shape index (κ2) is 11.8. The first-order valence-corrected chi connectivity index (χ1v) is 10.6. The van der Waals surface area contributed by atoms with Crippen LogP contribution < -0.4 is 24.3 Å². The number of hydrogen-bond donors (Lipinski definition) is 1. The summed E-state index contributed by atoms with van der Waals surface area (Å²) in [6.07, 6.45) is 1.77. The molecule has 3 rings (SSSR count). The lowest BCUT2D eigenvalue weighted by atomic mass is 10.1. The number of hydrogen-bond acceptors (Lipinski definition) is 6. The normalized spacial score (nSPS) is 11.5. The molecule has 0 radical (unpaired) electrons. The van der Waals surface area contributed by atoms with Gasteiger partial charge in [-0.15, -0.1) is 13.2 Å². The van der Waals surface area contributed by atoms with Gasteiger partial charge in [0.05, 0.1) is 21.3 Å². The number of rotatable bonds is 10. The van der Waals surface area contributed by atoms with E-state index >= 15 is 0 Å². The molecule has 0 unspecified atom stereocenters. The van der Waals surface area contributed by atoms with E-state index in [1.807, 2.05) is 48.6 Å². The second-order valence-electron chi connectivity index (χ2n) is 7.33. The van der Waals surface area contributed by atoms with Gasteiger partial charge in [-0.3, -0.25) is 4.79 Å². The lowest BCUT2D eigenvalue weighted by Crippen LogP contribution is -2.17. The van der Waals surface area contributed by atoms with Crippen LogP contribution in [0.25, 0.3) is 12.2 Å². The summed E-state index contributed by atoms with van der Waals surface area (Å²) in [5, 5.41) is 3.01. The van der Waals surface area contributed by atoms with Gasteiger partial charge in [0.2, 0.25) is 5.75 Å². The largest absolute Gasteiger partial charge is 0.573 e. The number of benzene rings is 3. The van der Waals surface area contributed by atoms with Crippen LogP contribution in [0.15, 0.2) is 72.9 Å². The van der Waals surface area contributed by atoms with Gasteiger partial charge in [0.1, 0.15) is 5.75 Å². The van der Waals surface area contributed by atoms with Gasteiger partial charge >= 0.3 is 6.36 Å². The van der Waals surface area contributed by atoms with E-state index in [2.05, 4.69) is 10.1 Å². The molecule has 0 bridgehead atoms. The maximum absolute atomic E-state index is 12.3. The maximum Gasteiger partial charge on any atom is 0.573 e. The number of ether oxygens (including phenoxy) is 4. The Morgan fingerprint density at radius 1 is 0.833 bits per heavy atom. The zero-order valence-corrected chi connectivity index (χ0v) is 19.8. The van der Waals surface area contributed by atoms with Crippen molar-refractivity contribution in [1.29, 1.82) is 0 Å². The number of ketones is 1. The van der Waals surface area contributed by atoms with E-state index in [0.29, 0.717) is 17.2 Å². The zero-order chi connectivity index (χ0) is 26.1. The molecule has 0 fully saturated rings. The Kier molecular flexibility index (Phi) is 8.61. The highest BCUT2D eigenvalue weighted by Crippen LogP contribution is 2.38. The predicted molar refractivity (Wildman–Crippen MR) is 132 cm³/mol. The standard InChI is InChI=1S/C27H24F3NO5/c1-33-24-16-19(17-25(34-2)26(24)35-3)8-7-18-5-4-6-21(15-18)31-14-13-23(32)20-9-11-22(12-10-20)36-27(28,29)30/h4-17,31H,1-3H3/b8-7-,14-13-. The van der Waals surface area contributed by atoms with E-state index in [9.17, 15) is 18.0 Å². The molecule has 0 atom stereocenters. The highest BCUT2D eigenvalue weighted by atomic mass is 19.4. The van der Waals surface area contributed by atoms with Gasteiger partial charge in [-0.2, -0.15) is 0 Å². The van der Waals surface area contributed by atoms with Crippen LogP contribution in [0.5, 0.6) is 23.0 Å². The molecule has 188 valence electrons. The van der Waals surface area contributed by atoms with Gasteiger partial charge in [-0.1, -0.05) is 24.3 Å². The first kappa shape index (κ1) is 26.2. The fourth-order valence-electron chi connectivity index (χ4n) is 3.25. The number of nitrogens with one attached hydrogen (secondary N) is 1. The summed E-state index contributed by atoms with van der Waals surface area (Å²) in [7, 11) is 4.64. The Hall–Kier alpha value is -4.40. The molecule has 0 saturated carbocycles. The van der Waals surface area contributed by atoms with Gasteiger partial charge < -0.3 is 24.3 Å². The smallest absolute Gasteiger partial charge is 0.493 e. The molecule has 0 aliphatic carbocycles. The topological polar surface area (TPSA) is 66.0 Å². The van der Waals surface area contributed by atoms with Crippen molar-refractivity contribution in [2.75, 3.05) is 26.6 Å². The molecule has 0 aliphatic heterocycles. The highest BCUT2D eigenvalue weighted by Gasteiger charge is 2.31. The van der Waals surface area contributed by atoms with Crippen LogP contribution >= 0.6 is 0 Å². The Bertz CT molecular complexity index is 1230. The predicted octanol–water partition coefficient (Wildman–Crippen LogP) is 6.59. The van der Waals surface area contributed by atoms with Crippen molar-refractivity contribution in [3.05, 3.63) is 89.6 Å². The van der Waals surface area contributed by atoms with Crippen molar-refractivity contribution in [1.82, 2.24) is 0 Å². The number of allylic oxidation sites excluding steroid dienone is 1. The second-order valence-corrected chi connectivity index (χ2v) is 7.33. The number of carbonyl (C=O) groups is 1. The van der Waals surface area contributed by atoms with E-state index in [0.717, 1.165) is 28.9 Å². The molecule has 0 aromatic heterocycles. The molecule has 0 saturated heterocycles. The van der Waals surface area contributed by atoms with Crippen LogP contribution in [0.3, 0.4) is 0 Å². The van der Waals surface area contributed by atoms with Gasteiger partial charge in [0.25, 0.3) is 0 Å². The number of halogens is 3. The quantitative estimate of drug-likeness (QED) is 0.193. The first-order chi connectivity index (χ1) is 17.2. The van der Waals surface area contributed by atoms with E-state index in [1.54, 1.807) is 21.3 Å². The molecule has 0 amide bonds. The molecule has 1 N–H and O–H groups in total. The Morgan fingerprint density at radius 2 is 1.47 bits per heavy atom. The van der Waals surface area contributed by atoms with Crippen molar-refractivity contribution >= 4 is 23.6 Å². The minimum atomic E-state index is -4.78. The average molecular weight is 499 g/mol. The molecular weight excluding hydrogens is 475 g/mol. The average Bonchev–Trinajstić information content (AvgIpc) is 2.86. The highest BCUT2D eigenvalue weighted by molar-refractivity contribution is 6.04. The summed E-state index contributed by atoms with van der Waals surface area (Å²) >= 11 is 0. The first-order valence-electron chi connectivity index (χ1n) is 10.6. The third kappa shape index (κ3) is 7.30. The Labute approximate surface area is 206 Å². The minimum absolute atomic E-state index is 0.226. The number of anilines is 1. The lowest BCUT2D eigenvalue weighted by molar-refractivity contribution is -0.274. The van der Waals surface area contributed by atoms with Crippen molar-refractivity contribution in [3.63, 3.8) is 0 Å². The fraction of sp³-hybridized carbons (Fsp3) is 0.148. The Morgan fingerprint density at radius 3 is 2.06 bits per heavy atom. The van der Waals surface area contributed by atoms with Crippen molar-refractivity contribution in [2.45, 2.75) is 6.36 Å². The summed E-state index contributed by atoms with van der Waals surface area (Å²) in [6, 6.07) is 15.8. The van der Waals surface area contributed by atoms with Crippen LogP contribution in [-0.4, -0.2) is 33.5 Å².